The first-order chi connectivity index (χ1) is 8.64. The van der Waals surface area contributed by atoms with Crippen molar-refractivity contribution >= 4 is 11.9 Å². The van der Waals surface area contributed by atoms with Crippen LogP contribution >= 0.6 is 0 Å². The Kier molecular flexibility index (Phi) is 6.50. The Balaban J connectivity index is 0.000000362. The predicted molar refractivity (Wildman–Crippen MR) is 72.8 cm³/mol. The smallest absolute Gasteiger partial charge is 0.328 e. The first-order valence-electron chi connectivity index (χ1n) is 5.63. The Morgan fingerprint density at radius 1 is 1.11 bits per heavy atom. The van der Waals surface area contributed by atoms with Gasteiger partial charge in [0.1, 0.15) is 0 Å². The standard InChI is InChI=1S/C10H15N.C4H4O4/c1-8-6-4-5-7-9(8)10(2,3)11;5-3(6)1-2-4(7)8/h4-7H,11H2,1-3H3;1-2H,(H,5,6)(H,7,8). The molecule has 0 aliphatic rings. The monoisotopic (exact) mass is 265 g/mol. The molecule has 0 amide bonds. The van der Waals surface area contributed by atoms with Gasteiger partial charge < -0.3 is 15.9 Å². The second-order valence-corrected chi connectivity index (χ2v) is 4.55. The van der Waals surface area contributed by atoms with Crippen molar-refractivity contribution in [1.82, 2.24) is 0 Å². The maximum absolute atomic E-state index is 9.55. The molecule has 0 aliphatic heterocycles. The highest BCUT2D eigenvalue weighted by molar-refractivity contribution is 5.89. The molecule has 0 saturated heterocycles. The van der Waals surface area contributed by atoms with Gasteiger partial charge >= 0.3 is 11.9 Å². The van der Waals surface area contributed by atoms with Gasteiger partial charge in [-0.1, -0.05) is 24.3 Å². The van der Waals surface area contributed by atoms with E-state index in [4.69, 9.17) is 15.9 Å². The molecule has 4 N–H and O–H groups in total. The lowest BCUT2D eigenvalue weighted by molar-refractivity contribution is -0.134. The molecular formula is C14H19NO4. The lowest BCUT2D eigenvalue weighted by atomic mass is 9.92. The summed E-state index contributed by atoms with van der Waals surface area (Å²) in [4.78, 5) is 19.1. The van der Waals surface area contributed by atoms with Gasteiger partial charge in [-0.25, -0.2) is 9.59 Å². The Morgan fingerprint density at radius 2 is 1.53 bits per heavy atom. The largest absolute Gasteiger partial charge is 0.478 e. The van der Waals surface area contributed by atoms with Crippen molar-refractivity contribution in [1.29, 1.82) is 0 Å². The molecule has 5 nitrogen and oxygen atoms in total. The molecule has 19 heavy (non-hydrogen) atoms. The second kappa shape index (κ2) is 7.33. The minimum atomic E-state index is -1.26. The van der Waals surface area contributed by atoms with E-state index in [1.807, 2.05) is 26.0 Å². The quantitative estimate of drug-likeness (QED) is 0.725. The molecular weight excluding hydrogens is 246 g/mol. The van der Waals surface area contributed by atoms with Crippen LogP contribution in [0.2, 0.25) is 0 Å². The topological polar surface area (TPSA) is 101 Å². The zero-order chi connectivity index (χ0) is 15.1. The van der Waals surface area contributed by atoms with Crippen molar-refractivity contribution < 1.29 is 19.8 Å². The highest BCUT2D eigenvalue weighted by Crippen LogP contribution is 2.19. The molecule has 0 bridgehead atoms. The minimum absolute atomic E-state index is 0.217. The third kappa shape index (κ3) is 7.72. The fraction of sp³-hybridized carbons (Fsp3) is 0.286. The number of carboxylic acid groups (broad SMARTS) is 2. The molecule has 0 heterocycles. The van der Waals surface area contributed by atoms with Crippen molar-refractivity contribution in [3.63, 3.8) is 0 Å². The van der Waals surface area contributed by atoms with Crippen LogP contribution < -0.4 is 5.73 Å². The predicted octanol–water partition coefficient (Wildman–Crippen LogP) is 1.90. The lowest BCUT2D eigenvalue weighted by Gasteiger charge is -2.21. The molecule has 1 rings (SSSR count). The van der Waals surface area contributed by atoms with Gasteiger partial charge in [0.15, 0.2) is 0 Å². The summed E-state index contributed by atoms with van der Waals surface area (Å²) in [6.07, 6.45) is 1.12. The summed E-state index contributed by atoms with van der Waals surface area (Å²) in [7, 11) is 0. The van der Waals surface area contributed by atoms with Crippen LogP contribution in [0, 0.1) is 6.92 Å². The van der Waals surface area contributed by atoms with Gasteiger partial charge in [0.05, 0.1) is 0 Å². The van der Waals surface area contributed by atoms with Crippen LogP contribution in [0.1, 0.15) is 25.0 Å². The highest BCUT2D eigenvalue weighted by atomic mass is 16.4. The van der Waals surface area contributed by atoms with Crippen LogP contribution in [-0.4, -0.2) is 22.2 Å². The number of aryl methyl sites for hydroxylation is 1. The Labute approximate surface area is 112 Å². The van der Waals surface area contributed by atoms with Crippen LogP contribution in [0.3, 0.4) is 0 Å². The van der Waals surface area contributed by atoms with E-state index in [-0.39, 0.29) is 5.54 Å². The summed E-state index contributed by atoms with van der Waals surface area (Å²) in [5.41, 5.74) is 8.23. The number of aliphatic carboxylic acids is 2. The number of benzene rings is 1. The SMILES string of the molecule is Cc1ccccc1C(C)(C)N.O=C(O)C=CC(=O)O. The fourth-order valence-corrected chi connectivity index (χ4v) is 1.44. The van der Waals surface area contributed by atoms with E-state index >= 15 is 0 Å². The third-order valence-corrected chi connectivity index (χ3v) is 2.21. The lowest BCUT2D eigenvalue weighted by Crippen LogP contribution is -2.29. The van der Waals surface area contributed by atoms with Crippen molar-refractivity contribution in [2.45, 2.75) is 26.3 Å². The highest BCUT2D eigenvalue weighted by Gasteiger charge is 2.14. The molecule has 1 aromatic carbocycles. The third-order valence-electron chi connectivity index (χ3n) is 2.21. The van der Waals surface area contributed by atoms with E-state index in [1.54, 1.807) is 0 Å². The molecule has 1 aromatic rings. The van der Waals surface area contributed by atoms with E-state index in [2.05, 4.69) is 19.1 Å². The van der Waals surface area contributed by atoms with Gasteiger partial charge in [-0.2, -0.15) is 0 Å². The average Bonchev–Trinajstić information content (AvgIpc) is 2.26. The normalized spacial score (nSPS) is 10.7. The van der Waals surface area contributed by atoms with Crippen LogP contribution in [0.5, 0.6) is 0 Å². The van der Waals surface area contributed by atoms with E-state index < -0.39 is 11.9 Å². The Morgan fingerprint density at radius 3 is 1.79 bits per heavy atom. The molecule has 0 atom stereocenters. The number of carbonyl (C=O) groups is 2. The van der Waals surface area contributed by atoms with Crippen LogP contribution in [-0.2, 0) is 15.1 Å². The molecule has 0 radical (unpaired) electrons. The van der Waals surface area contributed by atoms with Crippen molar-refractivity contribution in [2.75, 3.05) is 0 Å². The molecule has 0 fully saturated rings. The van der Waals surface area contributed by atoms with E-state index in [0.717, 1.165) is 0 Å². The van der Waals surface area contributed by atoms with Gasteiger partial charge in [-0.05, 0) is 31.9 Å². The number of rotatable bonds is 3. The zero-order valence-corrected chi connectivity index (χ0v) is 11.3. The van der Waals surface area contributed by atoms with Crippen molar-refractivity contribution in [2.24, 2.45) is 5.73 Å². The molecule has 5 heteroatoms. The zero-order valence-electron chi connectivity index (χ0n) is 11.3. The van der Waals surface area contributed by atoms with Gasteiger partial charge in [-0.15, -0.1) is 0 Å². The average molecular weight is 265 g/mol. The first-order valence-corrected chi connectivity index (χ1v) is 5.63. The molecule has 0 aliphatic carbocycles. The van der Waals surface area contributed by atoms with Gasteiger partial charge in [-0.3, -0.25) is 0 Å². The van der Waals surface area contributed by atoms with E-state index in [0.29, 0.717) is 12.2 Å². The first kappa shape index (κ1) is 16.9. The maximum Gasteiger partial charge on any atom is 0.328 e. The summed E-state index contributed by atoms with van der Waals surface area (Å²) in [6, 6.07) is 8.22. The van der Waals surface area contributed by atoms with E-state index in [9.17, 15) is 9.59 Å². The summed E-state index contributed by atoms with van der Waals surface area (Å²) in [6.45, 7) is 6.13. The number of nitrogens with two attached hydrogens (primary N) is 1. The second-order valence-electron chi connectivity index (χ2n) is 4.55. The molecule has 0 unspecified atom stereocenters. The minimum Gasteiger partial charge on any atom is -0.478 e. The number of carboxylic acids is 2. The maximum atomic E-state index is 9.55. The van der Waals surface area contributed by atoms with Crippen LogP contribution in [0.25, 0.3) is 0 Å². The summed E-state index contributed by atoms with van der Waals surface area (Å²) < 4.78 is 0. The van der Waals surface area contributed by atoms with Crippen LogP contribution in [0.15, 0.2) is 36.4 Å². The van der Waals surface area contributed by atoms with Crippen LogP contribution in [0.4, 0.5) is 0 Å². The van der Waals surface area contributed by atoms with Crippen molar-refractivity contribution in [3.05, 3.63) is 47.5 Å². The number of hydrogen-bond acceptors (Lipinski definition) is 3. The molecule has 0 saturated carbocycles. The van der Waals surface area contributed by atoms with Gasteiger partial charge in [0.2, 0.25) is 0 Å². The van der Waals surface area contributed by atoms with Gasteiger partial charge in [0, 0.05) is 17.7 Å². The summed E-state index contributed by atoms with van der Waals surface area (Å²) >= 11 is 0. The fourth-order valence-electron chi connectivity index (χ4n) is 1.44. The Bertz CT molecular complexity index is 457. The number of hydrogen-bond donors (Lipinski definition) is 3. The molecule has 0 aromatic heterocycles. The van der Waals surface area contributed by atoms with Gasteiger partial charge in [0.25, 0.3) is 0 Å². The molecule has 0 spiro atoms. The molecule has 104 valence electrons. The summed E-state index contributed by atoms with van der Waals surface area (Å²) in [5.74, 6) is -2.51. The Hall–Kier alpha value is -2.14. The van der Waals surface area contributed by atoms with Crippen molar-refractivity contribution in [3.8, 4) is 0 Å². The summed E-state index contributed by atoms with van der Waals surface area (Å²) in [5, 5.41) is 15.6. The van der Waals surface area contributed by atoms with E-state index in [1.165, 1.54) is 11.1 Å².